The number of carbonyl (C=O) groups is 5. The summed E-state index contributed by atoms with van der Waals surface area (Å²) < 4.78 is 101. The summed E-state index contributed by atoms with van der Waals surface area (Å²) in [5.41, 5.74) is -6.11. The lowest BCUT2D eigenvalue weighted by molar-refractivity contribution is -0.205. The molecular formula is C43H50F6N6O9. The number of hydrogen-bond acceptors (Lipinski definition) is 10. The highest BCUT2D eigenvalue weighted by atomic mass is 19.4. The number of benzene rings is 1. The smallest absolute Gasteiger partial charge is 0.417 e. The number of methoxy groups -OCH3 is 1. The van der Waals surface area contributed by atoms with Gasteiger partial charge in [0.1, 0.15) is 17.2 Å². The Morgan fingerprint density at radius 1 is 0.953 bits per heavy atom. The van der Waals surface area contributed by atoms with Crippen molar-refractivity contribution in [2.24, 2.45) is 22.2 Å². The number of likely N-dealkylation sites (tertiary alicyclic amines) is 3. The molecule has 4 amide bonds. The van der Waals surface area contributed by atoms with Crippen LogP contribution in [0, 0.1) is 22.2 Å². The first-order valence-corrected chi connectivity index (χ1v) is 21.5. The second-order valence-electron chi connectivity index (χ2n) is 18.5. The summed E-state index contributed by atoms with van der Waals surface area (Å²) in [6.07, 6.45) is -5.11. The fraction of sp³-hybridized carbons (Fsp3) is 0.651. The van der Waals surface area contributed by atoms with Crippen LogP contribution >= 0.6 is 0 Å². The zero-order chi connectivity index (χ0) is 46.0. The largest absolute Gasteiger partial charge is 0.465 e. The van der Waals surface area contributed by atoms with Crippen molar-refractivity contribution in [2.75, 3.05) is 59.6 Å². The van der Waals surface area contributed by atoms with Crippen molar-refractivity contribution < 1.29 is 64.5 Å². The lowest BCUT2D eigenvalue weighted by Gasteiger charge is -2.51. The number of hydrogen-bond donors (Lipinski definition) is 2. The van der Waals surface area contributed by atoms with E-state index in [0.29, 0.717) is 12.2 Å². The van der Waals surface area contributed by atoms with E-state index >= 15 is 0 Å². The molecule has 2 saturated carbocycles. The second-order valence-corrected chi connectivity index (χ2v) is 18.5. The summed E-state index contributed by atoms with van der Waals surface area (Å²) in [6, 6.07) is 2.13. The number of aromatic amines is 1. The Balaban J connectivity index is 1.02. The average Bonchev–Trinajstić information content (AvgIpc) is 4.01. The summed E-state index contributed by atoms with van der Waals surface area (Å²) >= 11 is 0. The highest BCUT2D eigenvalue weighted by Crippen LogP contribution is 2.60. The Bertz CT molecular complexity index is 2190. The number of rotatable bonds is 11. The molecule has 21 heteroatoms. The molecule has 0 radical (unpaired) electrons. The first kappa shape index (κ1) is 45.5. The summed E-state index contributed by atoms with van der Waals surface area (Å²) in [5, 5.41) is 2.87. The number of amides is 4. The van der Waals surface area contributed by atoms with Crippen LogP contribution in [0.3, 0.4) is 0 Å². The quantitative estimate of drug-likeness (QED) is 0.247. The van der Waals surface area contributed by atoms with Gasteiger partial charge in [-0.15, -0.1) is 0 Å². The molecule has 0 unspecified atom stereocenters. The van der Waals surface area contributed by atoms with Crippen molar-refractivity contribution in [3.63, 3.8) is 0 Å². The summed E-state index contributed by atoms with van der Waals surface area (Å²) in [7, 11) is 0.989. The van der Waals surface area contributed by atoms with Crippen LogP contribution in [-0.2, 0) is 34.8 Å². The molecule has 15 nitrogen and oxygen atoms in total. The zero-order valence-electron chi connectivity index (χ0n) is 35.3. The third-order valence-electron chi connectivity index (χ3n) is 14.5. The monoisotopic (exact) mass is 908 g/mol. The Morgan fingerprint density at radius 3 is 2.19 bits per heavy atom. The van der Waals surface area contributed by atoms with Crippen molar-refractivity contribution in [2.45, 2.75) is 94.8 Å². The van der Waals surface area contributed by atoms with Gasteiger partial charge in [0, 0.05) is 56.3 Å². The summed E-state index contributed by atoms with van der Waals surface area (Å²) in [6.45, 7) is 1.65. The third-order valence-corrected chi connectivity index (χ3v) is 14.5. The Hall–Kier alpha value is -5.05. The predicted octanol–water partition coefficient (Wildman–Crippen LogP) is 4.07. The minimum Gasteiger partial charge on any atom is -0.465 e. The molecular weight excluding hydrogens is 858 g/mol. The van der Waals surface area contributed by atoms with Crippen molar-refractivity contribution in [3.8, 4) is 0 Å². The van der Waals surface area contributed by atoms with Crippen molar-refractivity contribution in [1.82, 2.24) is 30.0 Å². The van der Waals surface area contributed by atoms with Gasteiger partial charge in [0.25, 0.3) is 11.5 Å². The van der Waals surface area contributed by atoms with Gasteiger partial charge in [0.15, 0.2) is 0 Å². The Morgan fingerprint density at radius 2 is 1.62 bits per heavy atom. The van der Waals surface area contributed by atoms with Gasteiger partial charge in [-0.1, -0.05) is 6.07 Å². The van der Waals surface area contributed by atoms with Crippen LogP contribution in [0.5, 0.6) is 0 Å². The topological polar surface area (TPSA) is 181 Å². The molecule has 1 aromatic heterocycles. The van der Waals surface area contributed by atoms with Crippen LogP contribution in [0.2, 0.25) is 0 Å². The number of ether oxygens (including phenoxy) is 3. The van der Waals surface area contributed by atoms with Crippen molar-refractivity contribution in [1.29, 1.82) is 0 Å². The maximum absolute atomic E-state index is 14.7. The highest BCUT2D eigenvalue weighted by molar-refractivity contribution is 5.95. The van der Waals surface area contributed by atoms with Gasteiger partial charge in [-0.25, -0.2) is 9.78 Å². The van der Waals surface area contributed by atoms with Crippen molar-refractivity contribution >= 4 is 29.6 Å². The number of alkyl halides is 6. The fourth-order valence-corrected chi connectivity index (χ4v) is 10.3. The number of piperidine rings is 1. The molecule has 7 aliphatic rings. The van der Waals surface area contributed by atoms with Gasteiger partial charge < -0.3 is 39.2 Å². The molecule has 2 aliphatic carbocycles. The number of H-pyrrole nitrogens is 1. The zero-order valence-corrected chi connectivity index (χ0v) is 35.3. The van der Waals surface area contributed by atoms with Crippen molar-refractivity contribution in [3.05, 3.63) is 63.3 Å². The molecule has 3 atom stereocenters. The molecule has 6 heterocycles. The van der Waals surface area contributed by atoms with E-state index < -0.39 is 93.4 Å². The van der Waals surface area contributed by atoms with Gasteiger partial charge in [0.2, 0.25) is 17.7 Å². The van der Waals surface area contributed by atoms with E-state index in [1.165, 1.54) is 15.9 Å². The molecule has 9 rings (SSSR count). The molecule has 1 spiro atoms. The minimum absolute atomic E-state index is 0.0989. The lowest BCUT2D eigenvalue weighted by atomic mass is 9.70. The van der Waals surface area contributed by atoms with Gasteiger partial charge in [-0.3, -0.25) is 24.0 Å². The first-order chi connectivity index (χ1) is 30.2. The fourth-order valence-electron chi connectivity index (χ4n) is 10.3. The van der Waals surface area contributed by atoms with Gasteiger partial charge in [-0.2, -0.15) is 26.3 Å². The van der Waals surface area contributed by atoms with E-state index in [2.05, 4.69) is 20.0 Å². The lowest BCUT2D eigenvalue weighted by Crippen LogP contribution is -2.67. The van der Waals surface area contributed by atoms with E-state index in [1.807, 2.05) is 0 Å². The standard InChI is InChI=1S/C43H50F6N6O9/c1-24(63-22-39-9-5-27(6-10-39)64-23-39)33(36(59)53-13-7-25(8-14-53)26-3-4-28(37(60)62-2)29(15-26)42(44,45)46)52-34(57)30-18-54(35(58)31-16-51-32(56)17-50-31)19-40(30)20-55(21-40)38(61)41(11-12-41)43(47,48)49/h3-4,15-17,24-25,27,30,33H,5-14,18-23H2,1-2H3,(H,51,56)(H,52,57)/t24-,27?,30+,33+,39?/m1/s1. The first-order valence-electron chi connectivity index (χ1n) is 21.5. The number of halogens is 6. The number of esters is 1. The van der Waals surface area contributed by atoms with Gasteiger partial charge >= 0.3 is 18.3 Å². The molecule has 7 fully saturated rings. The van der Waals surface area contributed by atoms with E-state index in [1.54, 1.807) is 6.92 Å². The van der Waals surface area contributed by atoms with Gasteiger partial charge in [0.05, 0.1) is 55.8 Å². The Labute approximate surface area is 363 Å². The molecule has 2 aromatic rings. The summed E-state index contributed by atoms with van der Waals surface area (Å²) in [5.74, 6) is -5.61. The molecule has 1 aromatic carbocycles. The van der Waals surface area contributed by atoms with E-state index in [-0.39, 0.29) is 88.8 Å². The van der Waals surface area contributed by atoms with Gasteiger partial charge in [-0.05, 0) is 81.9 Å². The SMILES string of the molecule is COC(=O)c1ccc(C2CCN(C(=O)[C@@H](NC(=O)[C@@H]3CN(C(=O)c4c[nH]c(=O)cn4)CC34CN(C(=O)C3(C(F)(F)F)CC3)C4)[C@@H](C)OCC34CCC(CC3)OC4)CC2)cc1C(F)(F)F. The molecule has 64 heavy (non-hydrogen) atoms. The second kappa shape index (κ2) is 16.7. The van der Waals surface area contributed by atoms with Crippen LogP contribution in [0.4, 0.5) is 26.3 Å². The van der Waals surface area contributed by atoms with Crippen LogP contribution in [0.25, 0.3) is 0 Å². The van der Waals surface area contributed by atoms with Crippen LogP contribution in [-0.4, -0.2) is 138 Å². The number of nitrogens with zero attached hydrogens (tertiary/aromatic N) is 4. The van der Waals surface area contributed by atoms with Crippen LogP contribution in [0.15, 0.2) is 35.4 Å². The average molecular weight is 909 g/mol. The summed E-state index contributed by atoms with van der Waals surface area (Å²) in [4.78, 5) is 90.2. The van der Waals surface area contributed by atoms with Crippen LogP contribution in [0.1, 0.15) is 96.2 Å². The van der Waals surface area contributed by atoms with Crippen LogP contribution < -0.4 is 10.9 Å². The number of aromatic nitrogens is 2. The Kier molecular flexibility index (Phi) is 11.9. The number of carbonyl (C=O) groups excluding carboxylic acids is 5. The minimum atomic E-state index is -4.84. The normalized spacial score (nSPS) is 26.0. The third kappa shape index (κ3) is 8.49. The molecule has 2 N–H and O–H groups in total. The maximum atomic E-state index is 14.7. The van der Waals surface area contributed by atoms with E-state index in [4.69, 9.17) is 9.47 Å². The predicted molar refractivity (Wildman–Crippen MR) is 210 cm³/mol. The van der Waals surface area contributed by atoms with E-state index in [9.17, 15) is 55.1 Å². The molecule has 2 bridgehead atoms. The number of fused-ring (bicyclic) bond motifs is 3. The van der Waals surface area contributed by atoms with E-state index in [0.717, 1.165) is 62.2 Å². The highest BCUT2D eigenvalue weighted by Gasteiger charge is 2.72. The molecule has 348 valence electrons. The molecule has 5 aliphatic heterocycles. The number of nitrogens with one attached hydrogen (secondary N) is 2. The molecule has 5 saturated heterocycles. The maximum Gasteiger partial charge on any atom is 0.417 e.